The summed E-state index contributed by atoms with van der Waals surface area (Å²) in [5.41, 5.74) is 2.19. The average molecular weight is 417 g/mol. The van der Waals surface area contributed by atoms with Crippen molar-refractivity contribution in [1.82, 2.24) is 19.9 Å². The van der Waals surface area contributed by atoms with E-state index < -0.39 is 0 Å². The lowest BCUT2D eigenvalue weighted by molar-refractivity contribution is -0.115. The van der Waals surface area contributed by atoms with Crippen molar-refractivity contribution < 1.29 is 9.59 Å². The van der Waals surface area contributed by atoms with E-state index in [9.17, 15) is 9.59 Å². The lowest BCUT2D eigenvalue weighted by atomic mass is 10.1. The molecule has 0 unspecified atom stereocenters. The number of anilines is 1. The number of imidazole rings is 1. The Kier molecular flexibility index (Phi) is 5.67. The molecule has 0 spiro atoms. The molecule has 0 atom stereocenters. The molecule has 2 aromatic carbocycles. The van der Waals surface area contributed by atoms with Crippen LogP contribution in [0.1, 0.15) is 10.4 Å². The number of thiazole rings is 1. The Bertz CT molecular complexity index is 1170. The fourth-order valence-corrected chi connectivity index (χ4v) is 3.96. The molecule has 4 rings (SSSR count). The molecule has 0 aliphatic carbocycles. The maximum absolute atomic E-state index is 12.4. The summed E-state index contributed by atoms with van der Waals surface area (Å²) in [6.45, 7) is -0.147. The van der Waals surface area contributed by atoms with Gasteiger partial charge in [-0.3, -0.25) is 9.59 Å². The van der Waals surface area contributed by atoms with E-state index in [4.69, 9.17) is 0 Å². The fourth-order valence-electron chi connectivity index (χ4n) is 2.92. The smallest absolute Gasteiger partial charge is 0.251 e. The molecule has 7 nitrogen and oxygen atoms in total. The van der Waals surface area contributed by atoms with E-state index >= 15 is 0 Å². The first kappa shape index (κ1) is 19.5. The van der Waals surface area contributed by atoms with Gasteiger partial charge in [0.1, 0.15) is 0 Å². The first-order valence-electron chi connectivity index (χ1n) is 9.29. The Morgan fingerprint density at radius 1 is 1.03 bits per heavy atom. The maximum atomic E-state index is 12.4. The number of nitrogens with zero attached hydrogens (tertiary/aromatic N) is 3. The van der Waals surface area contributed by atoms with Crippen LogP contribution >= 0.6 is 11.3 Å². The summed E-state index contributed by atoms with van der Waals surface area (Å²) < 4.78 is 1.91. The van der Waals surface area contributed by atoms with Crippen LogP contribution in [0.4, 0.5) is 5.13 Å². The molecule has 30 heavy (non-hydrogen) atoms. The summed E-state index contributed by atoms with van der Waals surface area (Å²) in [5.74, 6) is 0.117. The molecule has 2 heterocycles. The van der Waals surface area contributed by atoms with Crippen molar-refractivity contribution in [2.24, 2.45) is 7.05 Å². The number of carbonyl (C=O) groups is 2. The summed E-state index contributed by atoms with van der Waals surface area (Å²) in [5, 5.41) is 5.85. The lowest BCUT2D eigenvalue weighted by Crippen LogP contribution is -2.32. The Morgan fingerprint density at radius 3 is 2.40 bits per heavy atom. The average Bonchev–Trinajstić information content (AvgIpc) is 3.39. The summed E-state index contributed by atoms with van der Waals surface area (Å²) in [4.78, 5) is 34.4. The molecule has 0 aliphatic heterocycles. The first-order valence-corrected chi connectivity index (χ1v) is 10.1. The van der Waals surface area contributed by atoms with Gasteiger partial charge in [-0.05, 0) is 12.1 Å². The molecule has 4 aromatic rings. The molecule has 0 saturated heterocycles. The molecule has 2 aromatic heterocycles. The lowest BCUT2D eigenvalue weighted by Gasteiger charge is -2.04. The first-order chi connectivity index (χ1) is 14.6. The van der Waals surface area contributed by atoms with Crippen molar-refractivity contribution in [2.45, 2.75) is 0 Å². The van der Waals surface area contributed by atoms with Crippen LogP contribution in [0, 0.1) is 0 Å². The maximum Gasteiger partial charge on any atom is 0.251 e. The molecule has 0 aliphatic rings. The number of aryl methyl sites for hydroxylation is 1. The molecule has 0 radical (unpaired) electrons. The van der Waals surface area contributed by atoms with Crippen LogP contribution in [0.2, 0.25) is 0 Å². The van der Waals surface area contributed by atoms with E-state index in [0.29, 0.717) is 10.7 Å². The number of rotatable bonds is 6. The summed E-state index contributed by atoms with van der Waals surface area (Å²) in [6.07, 6.45) is 3.59. The number of nitrogens with one attached hydrogen (secondary N) is 2. The van der Waals surface area contributed by atoms with E-state index in [2.05, 4.69) is 20.6 Å². The minimum Gasteiger partial charge on any atom is -0.343 e. The van der Waals surface area contributed by atoms with Crippen LogP contribution < -0.4 is 10.6 Å². The molecule has 2 N–H and O–H groups in total. The van der Waals surface area contributed by atoms with Crippen molar-refractivity contribution in [1.29, 1.82) is 0 Å². The zero-order valence-electron chi connectivity index (χ0n) is 16.2. The van der Waals surface area contributed by atoms with E-state index in [1.165, 1.54) is 11.3 Å². The highest BCUT2D eigenvalue weighted by Gasteiger charge is 2.19. The number of aromatic nitrogens is 3. The third-order valence-electron chi connectivity index (χ3n) is 4.39. The highest BCUT2D eigenvalue weighted by atomic mass is 32.1. The predicted molar refractivity (Wildman–Crippen MR) is 117 cm³/mol. The largest absolute Gasteiger partial charge is 0.343 e. The van der Waals surface area contributed by atoms with Gasteiger partial charge in [-0.1, -0.05) is 59.9 Å². The Balaban J connectivity index is 1.52. The van der Waals surface area contributed by atoms with Crippen molar-refractivity contribution >= 4 is 28.3 Å². The number of benzene rings is 2. The van der Waals surface area contributed by atoms with Gasteiger partial charge in [-0.25, -0.2) is 9.97 Å². The SMILES string of the molecule is Cn1ccnc1-c1sc(NC(=O)CNC(=O)c2ccccc2)nc1-c1ccccc1. The highest BCUT2D eigenvalue weighted by Crippen LogP contribution is 2.37. The Labute approximate surface area is 177 Å². The number of carbonyl (C=O) groups excluding carboxylic acids is 2. The Hall–Kier alpha value is -3.78. The van der Waals surface area contributed by atoms with Crippen molar-refractivity contribution in [2.75, 3.05) is 11.9 Å². The molecule has 150 valence electrons. The normalized spacial score (nSPS) is 10.6. The zero-order valence-corrected chi connectivity index (χ0v) is 17.0. The van der Waals surface area contributed by atoms with Gasteiger partial charge in [0.2, 0.25) is 5.91 Å². The molecule has 0 fully saturated rings. The molecule has 8 heteroatoms. The van der Waals surface area contributed by atoms with Gasteiger partial charge in [0.05, 0.1) is 17.1 Å². The summed E-state index contributed by atoms with van der Waals surface area (Å²) in [6, 6.07) is 18.5. The molecular weight excluding hydrogens is 398 g/mol. The third-order valence-corrected chi connectivity index (χ3v) is 5.36. The van der Waals surface area contributed by atoms with Crippen LogP contribution in [-0.4, -0.2) is 32.9 Å². The number of hydrogen-bond acceptors (Lipinski definition) is 5. The van der Waals surface area contributed by atoms with E-state index in [1.807, 2.05) is 54.2 Å². The number of hydrogen-bond donors (Lipinski definition) is 2. The second kappa shape index (κ2) is 8.71. The monoisotopic (exact) mass is 417 g/mol. The van der Waals surface area contributed by atoms with Crippen LogP contribution in [-0.2, 0) is 11.8 Å². The standard InChI is InChI=1S/C22H19N5O2S/c1-27-13-12-23-20(27)19-18(15-8-4-2-5-9-15)26-22(30-19)25-17(28)14-24-21(29)16-10-6-3-7-11-16/h2-13H,14H2,1H3,(H,24,29)(H,25,26,28). The molecule has 2 amide bonds. The van der Waals surface area contributed by atoms with E-state index in [-0.39, 0.29) is 18.4 Å². The van der Waals surface area contributed by atoms with Crippen molar-refractivity contribution in [3.05, 3.63) is 78.6 Å². The van der Waals surface area contributed by atoms with E-state index in [0.717, 1.165) is 22.0 Å². The minimum atomic E-state index is -0.348. The second-order valence-corrected chi connectivity index (χ2v) is 7.52. The van der Waals surface area contributed by atoms with Crippen LogP contribution in [0.5, 0.6) is 0 Å². The zero-order chi connectivity index (χ0) is 20.9. The molecular formula is C22H19N5O2S. The summed E-state index contributed by atoms with van der Waals surface area (Å²) in [7, 11) is 1.91. The van der Waals surface area contributed by atoms with Gasteiger partial charge in [-0.15, -0.1) is 0 Å². The predicted octanol–water partition coefficient (Wildman–Crippen LogP) is 3.58. The van der Waals surface area contributed by atoms with Gasteiger partial charge in [-0.2, -0.15) is 0 Å². The van der Waals surface area contributed by atoms with Gasteiger partial charge in [0.25, 0.3) is 5.91 Å². The van der Waals surface area contributed by atoms with Crippen LogP contribution in [0.3, 0.4) is 0 Å². The van der Waals surface area contributed by atoms with Crippen LogP contribution in [0.15, 0.2) is 73.1 Å². The van der Waals surface area contributed by atoms with Gasteiger partial charge in [0.15, 0.2) is 11.0 Å². The quantitative estimate of drug-likeness (QED) is 0.502. The number of amides is 2. The third kappa shape index (κ3) is 4.28. The summed E-state index contributed by atoms with van der Waals surface area (Å²) >= 11 is 1.35. The minimum absolute atomic E-state index is 0.147. The van der Waals surface area contributed by atoms with Crippen molar-refractivity contribution in [3.63, 3.8) is 0 Å². The van der Waals surface area contributed by atoms with Gasteiger partial charge >= 0.3 is 0 Å². The van der Waals surface area contributed by atoms with Crippen molar-refractivity contribution in [3.8, 4) is 22.0 Å². The Morgan fingerprint density at radius 2 is 1.73 bits per heavy atom. The molecule has 0 saturated carbocycles. The van der Waals surface area contributed by atoms with E-state index in [1.54, 1.807) is 30.5 Å². The van der Waals surface area contributed by atoms with Gasteiger partial charge in [0, 0.05) is 30.6 Å². The second-order valence-electron chi connectivity index (χ2n) is 6.52. The van der Waals surface area contributed by atoms with Gasteiger partial charge < -0.3 is 15.2 Å². The highest BCUT2D eigenvalue weighted by molar-refractivity contribution is 7.19. The topological polar surface area (TPSA) is 88.9 Å². The fraction of sp³-hybridized carbons (Fsp3) is 0.0909. The van der Waals surface area contributed by atoms with Crippen LogP contribution in [0.25, 0.3) is 22.0 Å². The molecule has 0 bridgehead atoms.